The van der Waals surface area contributed by atoms with E-state index in [1.807, 2.05) is 54.9 Å². The largest absolute Gasteiger partial charge is 0.497 e. The Balaban J connectivity index is 1.61. The van der Waals surface area contributed by atoms with E-state index in [2.05, 4.69) is 29.5 Å². The molecule has 1 amide bonds. The van der Waals surface area contributed by atoms with Gasteiger partial charge in [-0.2, -0.15) is 5.10 Å². The van der Waals surface area contributed by atoms with Crippen LogP contribution < -0.4 is 14.8 Å². The number of ether oxygens (including phenoxy) is 2. The van der Waals surface area contributed by atoms with Crippen LogP contribution in [0.2, 0.25) is 0 Å². The van der Waals surface area contributed by atoms with E-state index in [-0.39, 0.29) is 5.91 Å². The zero-order chi connectivity index (χ0) is 26.1. The minimum atomic E-state index is -0.269. The van der Waals surface area contributed by atoms with Crippen LogP contribution in [0.5, 0.6) is 11.5 Å². The van der Waals surface area contributed by atoms with E-state index in [0.29, 0.717) is 28.4 Å². The average Bonchev–Trinajstić information content (AvgIpc) is 3.29. The number of nitrogens with zero attached hydrogens (tertiary/aromatic N) is 3. The van der Waals surface area contributed by atoms with Crippen molar-refractivity contribution in [3.63, 3.8) is 0 Å². The molecule has 5 aromatic rings. The molecule has 0 unspecified atom stereocenters. The number of hydrogen-bond acceptors (Lipinski definition) is 5. The molecule has 0 bridgehead atoms. The molecule has 0 radical (unpaired) electrons. The Morgan fingerprint density at radius 1 is 0.865 bits per heavy atom. The SMILES string of the molecule is COc1ccc(OC)c(NC(=O)c2cc(-c3cnn(-c4ccc(C)cc4)c3C)nc3ccc(C)cc23)c1. The summed E-state index contributed by atoms with van der Waals surface area (Å²) >= 11 is 0. The Bertz CT molecular complexity index is 1620. The number of carbonyl (C=O) groups excluding carboxylic acids is 1. The van der Waals surface area contributed by atoms with Crippen LogP contribution in [0.1, 0.15) is 27.2 Å². The van der Waals surface area contributed by atoms with Gasteiger partial charge in [0.2, 0.25) is 0 Å². The smallest absolute Gasteiger partial charge is 0.256 e. The van der Waals surface area contributed by atoms with Gasteiger partial charge in [-0.15, -0.1) is 0 Å². The molecule has 186 valence electrons. The lowest BCUT2D eigenvalue weighted by Gasteiger charge is -2.14. The van der Waals surface area contributed by atoms with Gasteiger partial charge in [-0.25, -0.2) is 9.67 Å². The summed E-state index contributed by atoms with van der Waals surface area (Å²) in [5.41, 5.74) is 7.42. The van der Waals surface area contributed by atoms with Crippen molar-refractivity contribution < 1.29 is 14.3 Å². The van der Waals surface area contributed by atoms with E-state index >= 15 is 0 Å². The van der Waals surface area contributed by atoms with Crippen LogP contribution in [0, 0.1) is 20.8 Å². The van der Waals surface area contributed by atoms with Gasteiger partial charge in [0, 0.05) is 17.0 Å². The number of pyridine rings is 1. The highest BCUT2D eigenvalue weighted by atomic mass is 16.5. The van der Waals surface area contributed by atoms with Gasteiger partial charge in [0.15, 0.2) is 0 Å². The van der Waals surface area contributed by atoms with E-state index in [1.165, 1.54) is 5.56 Å². The molecule has 0 fully saturated rings. The second-order valence-electron chi connectivity index (χ2n) is 8.99. The number of aryl methyl sites for hydroxylation is 2. The van der Waals surface area contributed by atoms with E-state index in [0.717, 1.165) is 33.4 Å². The highest BCUT2D eigenvalue weighted by Gasteiger charge is 2.19. The zero-order valence-corrected chi connectivity index (χ0v) is 21.5. The second-order valence-corrected chi connectivity index (χ2v) is 8.99. The Hall–Kier alpha value is -4.65. The molecule has 3 aromatic carbocycles. The predicted molar refractivity (Wildman–Crippen MR) is 146 cm³/mol. The maximum atomic E-state index is 13.7. The van der Waals surface area contributed by atoms with Gasteiger partial charge in [-0.3, -0.25) is 4.79 Å². The van der Waals surface area contributed by atoms with Crippen molar-refractivity contribution >= 4 is 22.5 Å². The average molecular weight is 493 g/mol. The Morgan fingerprint density at radius 3 is 2.35 bits per heavy atom. The van der Waals surface area contributed by atoms with Gasteiger partial charge in [-0.05, 0) is 63.2 Å². The third-order valence-electron chi connectivity index (χ3n) is 6.43. The fourth-order valence-corrected chi connectivity index (χ4v) is 4.37. The lowest BCUT2D eigenvalue weighted by Crippen LogP contribution is -2.14. The highest BCUT2D eigenvalue weighted by Crippen LogP contribution is 2.32. The third kappa shape index (κ3) is 4.63. The number of benzene rings is 3. The first-order chi connectivity index (χ1) is 17.9. The number of nitrogens with one attached hydrogen (secondary N) is 1. The summed E-state index contributed by atoms with van der Waals surface area (Å²) in [5, 5.41) is 8.39. The number of carbonyl (C=O) groups is 1. The molecule has 5 rings (SSSR count). The molecule has 2 aromatic heterocycles. The summed E-state index contributed by atoms with van der Waals surface area (Å²) in [7, 11) is 3.15. The minimum Gasteiger partial charge on any atom is -0.497 e. The standard InChI is InChI=1S/C30H28N4O3/c1-18-6-9-21(10-7-18)34-20(3)25(17-31-34)27-16-24(23-14-19(2)8-12-26(23)32-27)30(35)33-28-15-22(36-4)11-13-29(28)37-5/h6-17H,1-5H3,(H,33,35). The second kappa shape index (κ2) is 9.78. The first-order valence-electron chi connectivity index (χ1n) is 11.9. The van der Waals surface area contributed by atoms with Crippen molar-refractivity contribution in [1.82, 2.24) is 14.8 Å². The van der Waals surface area contributed by atoms with Crippen LogP contribution >= 0.6 is 0 Å². The van der Waals surface area contributed by atoms with Gasteiger partial charge in [0.25, 0.3) is 5.91 Å². The number of amides is 1. The molecule has 0 spiro atoms. The first kappa shape index (κ1) is 24.1. The van der Waals surface area contributed by atoms with Crippen molar-refractivity contribution in [3.8, 4) is 28.4 Å². The van der Waals surface area contributed by atoms with E-state index in [4.69, 9.17) is 14.5 Å². The lowest BCUT2D eigenvalue weighted by atomic mass is 10.0. The quantitative estimate of drug-likeness (QED) is 0.302. The summed E-state index contributed by atoms with van der Waals surface area (Å²) in [6.07, 6.45) is 1.80. The van der Waals surface area contributed by atoms with Crippen LogP contribution in [0.4, 0.5) is 5.69 Å². The fourth-order valence-electron chi connectivity index (χ4n) is 4.37. The maximum Gasteiger partial charge on any atom is 0.256 e. The number of methoxy groups -OCH3 is 2. The molecule has 37 heavy (non-hydrogen) atoms. The van der Waals surface area contributed by atoms with Crippen molar-refractivity contribution in [3.05, 3.63) is 95.3 Å². The number of rotatable bonds is 6. The fraction of sp³-hybridized carbons (Fsp3) is 0.167. The summed E-state index contributed by atoms with van der Waals surface area (Å²) in [6.45, 7) is 6.06. The Morgan fingerprint density at radius 2 is 1.62 bits per heavy atom. The molecule has 0 aliphatic heterocycles. The number of fused-ring (bicyclic) bond motifs is 1. The van der Waals surface area contributed by atoms with Crippen LogP contribution in [0.15, 0.2) is 72.9 Å². The van der Waals surface area contributed by atoms with Crippen molar-refractivity contribution in [2.24, 2.45) is 0 Å². The van der Waals surface area contributed by atoms with Crippen molar-refractivity contribution in [2.75, 3.05) is 19.5 Å². The monoisotopic (exact) mass is 492 g/mol. The van der Waals surface area contributed by atoms with Gasteiger partial charge >= 0.3 is 0 Å². The van der Waals surface area contributed by atoms with Gasteiger partial charge < -0.3 is 14.8 Å². The minimum absolute atomic E-state index is 0.269. The molecular formula is C30H28N4O3. The molecule has 7 heteroatoms. The molecule has 0 saturated carbocycles. The van der Waals surface area contributed by atoms with Crippen LogP contribution in [-0.4, -0.2) is 34.9 Å². The molecule has 0 saturated heterocycles. The zero-order valence-electron chi connectivity index (χ0n) is 21.5. The van der Waals surface area contributed by atoms with Crippen LogP contribution in [0.25, 0.3) is 27.8 Å². The first-order valence-corrected chi connectivity index (χ1v) is 11.9. The molecule has 0 aliphatic carbocycles. The third-order valence-corrected chi connectivity index (χ3v) is 6.43. The summed E-state index contributed by atoms with van der Waals surface area (Å²) < 4.78 is 12.7. The molecule has 1 N–H and O–H groups in total. The van der Waals surface area contributed by atoms with Crippen molar-refractivity contribution in [2.45, 2.75) is 20.8 Å². The Kier molecular flexibility index (Phi) is 6.36. The summed E-state index contributed by atoms with van der Waals surface area (Å²) in [6, 6.07) is 21.2. The normalized spacial score (nSPS) is 10.9. The van der Waals surface area contributed by atoms with Crippen molar-refractivity contribution in [1.29, 1.82) is 0 Å². The van der Waals surface area contributed by atoms with E-state index in [9.17, 15) is 4.79 Å². The molecular weight excluding hydrogens is 464 g/mol. The summed E-state index contributed by atoms with van der Waals surface area (Å²) in [5.74, 6) is 0.889. The summed E-state index contributed by atoms with van der Waals surface area (Å²) in [4.78, 5) is 18.6. The lowest BCUT2D eigenvalue weighted by molar-refractivity contribution is 0.102. The van der Waals surface area contributed by atoms with Crippen LogP contribution in [-0.2, 0) is 0 Å². The maximum absolute atomic E-state index is 13.7. The number of anilines is 1. The van der Waals surface area contributed by atoms with E-state index < -0.39 is 0 Å². The highest BCUT2D eigenvalue weighted by molar-refractivity contribution is 6.13. The topological polar surface area (TPSA) is 78.3 Å². The molecule has 0 atom stereocenters. The number of aromatic nitrogens is 3. The van der Waals surface area contributed by atoms with E-state index in [1.54, 1.807) is 38.6 Å². The Labute approximate surface area is 215 Å². The molecule has 2 heterocycles. The van der Waals surface area contributed by atoms with Gasteiger partial charge in [-0.1, -0.05) is 29.3 Å². The number of hydrogen-bond donors (Lipinski definition) is 1. The predicted octanol–water partition coefficient (Wildman–Crippen LogP) is 6.28. The molecule has 7 nitrogen and oxygen atoms in total. The van der Waals surface area contributed by atoms with Gasteiger partial charge in [0.1, 0.15) is 11.5 Å². The molecule has 0 aliphatic rings. The van der Waals surface area contributed by atoms with Crippen LogP contribution in [0.3, 0.4) is 0 Å². The van der Waals surface area contributed by atoms with Gasteiger partial charge in [0.05, 0.1) is 54.3 Å².